The maximum absolute atomic E-state index is 12.0. The number of thioether (sulfide) groups is 1. The number of phosphoric ester groups is 1. The summed E-state index contributed by atoms with van der Waals surface area (Å²) in [5.41, 5.74) is 0. The number of esters is 1. The molecule has 1 aliphatic rings. The van der Waals surface area contributed by atoms with Crippen molar-refractivity contribution in [2.75, 3.05) is 13.2 Å². The minimum absolute atomic E-state index is 0.187. The van der Waals surface area contributed by atoms with Gasteiger partial charge in [0.25, 0.3) is 0 Å². The molecule has 0 aliphatic carbocycles. The van der Waals surface area contributed by atoms with Gasteiger partial charge in [-0.2, -0.15) is 20.4 Å². The van der Waals surface area contributed by atoms with E-state index in [-0.39, 0.29) is 6.42 Å². The number of benzene rings is 1. The first-order valence-corrected chi connectivity index (χ1v) is 13.8. The fourth-order valence-electron chi connectivity index (χ4n) is 2.35. The van der Waals surface area contributed by atoms with Crippen molar-refractivity contribution in [3.05, 3.63) is 30.3 Å². The Morgan fingerprint density at radius 3 is 2.32 bits per heavy atom. The lowest BCUT2D eigenvalue weighted by Gasteiger charge is -2.21. The molecule has 2 rings (SSSR count). The van der Waals surface area contributed by atoms with Crippen LogP contribution in [0.5, 0.6) is 5.75 Å². The molecule has 5 unspecified atom stereocenters. The van der Waals surface area contributed by atoms with Crippen molar-refractivity contribution in [1.82, 2.24) is 0 Å². The third kappa shape index (κ3) is 10.2. The quantitative estimate of drug-likeness (QED) is 0.186. The number of carbonyl (C=O) groups excluding carboxylic acids is 1. The highest BCUT2D eigenvalue weighted by Gasteiger charge is 2.42. The zero-order valence-corrected chi connectivity index (χ0v) is 19.0. The summed E-state index contributed by atoms with van der Waals surface area (Å²) < 4.78 is 56.1. The Kier molecular flexibility index (Phi) is 9.39. The van der Waals surface area contributed by atoms with Crippen LogP contribution >= 0.6 is 35.2 Å². The molecule has 18 heteroatoms. The maximum Gasteiger partial charge on any atom is 0.490 e. The van der Waals surface area contributed by atoms with Gasteiger partial charge < -0.3 is 29.0 Å². The van der Waals surface area contributed by atoms with Gasteiger partial charge in [0.1, 0.15) is 11.9 Å². The summed E-state index contributed by atoms with van der Waals surface area (Å²) in [6.45, 7) is -1.01. The third-order valence-electron chi connectivity index (χ3n) is 3.43. The maximum atomic E-state index is 12.0. The summed E-state index contributed by atoms with van der Waals surface area (Å²) in [5.74, 6) is -0.284. The lowest BCUT2D eigenvalue weighted by atomic mass is 9.97. The minimum atomic E-state index is -5.62. The number of ether oxygens (including phenoxy) is 2. The fraction of sp³-hybridized carbons (Fsp3) is 0.462. The van der Waals surface area contributed by atoms with E-state index >= 15 is 0 Å². The van der Waals surface area contributed by atoms with Crippen molar-refractivity contribution in [2.45, 2.75) is 22.9 Å². The standard InChI is InChI=1S/C13H18BO13P3S/c14-12-6-10(25-13(15)8-23-9-4-2-1-3-5-9)11(31-12)7-24-29(19,20)27-30(21,22)26-28(16,17)18/h1-5,10-12H,6-8H2,(H,19,20)(H,21,22)(H2,16,17,18). The molecule has 0 aromatic heterocycles. The summed E-state index contributed by atoms with van der Waals surface area (Å²) >= 11 is 1.06. The summed E-state index contributed by atoms with van der Waals surface area (Å²) in [6.07, 6.45) is -0.647. The van der Waals surface area contributed by atoms with E-state index in [4.69, 9.17) is 32.0 Å². The molecule has 1 fully saturated rings. The van der Waals surface area contributed by atoms with E-state index in [1.807, 2.05) is 0 Å². The van der Waals surface area contributed by atoms with E-state index in [2.05, 4.69) is 13.1 Å². The van der Waals surface area contributed by atoms with Crippen LogP contribution in [0.4, 0.5) is 0 Å². The molecule has 4 N–H and O–H groups in total. The van der Waals surface area contributed by atoms with Gasteiger partial charge in [0.2, 0.25) is 0 Å². The molecule has 1 aromatic carbocycles. The second-order valence-corrected chi connectivity index (χ2v) is 11.9. The summed E-state index contributed by atoms with van der Waals surface area (Å²) in [4.78, 5) is 47.7. The molecule has 0 saturated carbocycles. The monoisotopic (exact) mass is 518 g/mol. The van der Waals surface area contributed by atoms with Crippen LogP contribution < -0.4 is 4.74 Å². The van der Waals surface area contributed by atoms with E-state index in [0.29, 0.717) is 5.75 Å². The van der Waals surface area contributed by atoms with Crippen LogP contribution in [-0.2, 0) is 36.4 Å². The number of hydrogen-bond donors (Lipinski definition) is 4. The van der Waals surface area contributed by atoms with E-state index in [0.717, 1.165) is 11.8 Å². The zero-order valence-electron chi connectivity index (χ0n) is 15.5. The molecule has 1 aromatic rings. The van der Waals surface area contributed by atoms with Crippen molar-refractivity contribution in [2.24, 2.45) is 0 Å². The smallest absolute Gasteiger partial charge is 0.482 e. The van der Waals surface area contributed by atoms with Crippen LogP contribution in [0.25, 0.3) is 0 Å². The van der Waals surface area contributed by atoms with E-state index in [1.165, 1.54) is 0 Å². The highest BCUT2D eigenvalue weighted by Crippen LogP contribution is 2.66. The molecular formula is C13H18BO13P3S. The van der Waals surface area contributed by atoms with Crippen molar-refractivity contribution in [3.63, 3.8) is 0 Å². The molecule has 0 spiro atoms. The summed E-state index contributed by atoms with van der Waals surface area (Å²) in [5, 5.41) is -1.25. The zero-order chi connectivity index (χ0) is 23.3. The molecule has 5 atom stereocenters. The molecule has 1 aliphatic heterocycles. The lowest BCUT2D eigenvalue weighted by molar-refractivity contribution is -0.151. The average Bonchev–Trinajstić information content (AvgIpc) is 2.95. The summed E-state index contributed by atoms with van der Waals surface area (Å²) in [7, 11) is -10.6. The lowest BCUT2D eigenvalue weighted by Crippen LogP contribution is -2.30. The van der Waals surface area contributed by atoms with E-state index in [1.54, 1.807) is 30.3 Å². The molecule has 0 amide bonds. The van der Waals surface area contributed by atoms with Gasteiger partial charge in [0.05, 0.1) is 19.7 Å². The SMILES string of the molecule is [B]C1CC(OC(=O)COc2ccccc2)C(COP(=O)(O)OP(=O)(O)OP(=O)(O)O)S1. The van der Waals surface area contributed by atoms with Crippen molar-refractivity contribution in [1.29, 1.82) is 0 Å². The van der Waals surface area contributed by atoms with Crippen LogP contribution in [0.3, 0.4) is 0 Å². The van der Waals surface area contributed by atoms with Crippen molar-refractivity contribution >= 4 is 49.0 Å². The largest absolute Gasteiger partial charge is 0.490 e. The number of para-hydroxylation sites is 1. The number of hydrogen-bond acceptors (Lipinski definition) is 10. The predicted molar refractivity (Wildman–Crippen MR) is 107 cm³/mol. The Balaban J connectivity index is 1.87. The van der Waals surface area contributed by atoms with Crippen molar-refractivity contribution < 1.29 is 60.7 Å². The second kappa shape index (κ2) is 11.0. The van der Waals surface area contributed by atoms with Gasteiger partial charge in [0.15, 0.2) is 6.61 Å². The molecule has 1 heterocycles. The number of rotatable bonds is 11. The predicted octanol–water partition coefficient (Wildman–Crippen LogP) is 1.32. The Morgan fingerprint density at radius 1 is 1.06 bits per heavy atom. The normalized spacial score (nSPS) is 25.4. The second-order valence-electron chi connectivity index (χ2n) is 5.97. The van der Waals surface area contributed by atoms with Gasteiger partial charge in [-0.25, -0.2) is 18.5 Å². The highest BCUT2D eigenvalue weighted by atomic mass is 32.2. The first kappa shape index (κ1) is 26.6. The molecule has 31 heavy (non-hydrogen) atoms. The van der Waals surface area contributed by atoms with E-state index in [9.17, 15) is 23.4 Å². The summed E-state index contributed by atoms with van der Waals surface area (Å²) in [6, 6.07) is 8.48. The number of carbonyl (C=O) groups is 1. The van der Waals surface area contributed by atoms with E-state index < -0.39 is 59.2 Å². The Morgan fingerprint density at radius 2 is 1.71 bits per heavy atom. The van der Waals surface area contributed by atoms with Crippen LogP contribution in [0.2, 0.25) is 0 Å². The van der Waals surface area contributed by atoms with Crippen LogP contribution in [0.1, 0.15) is 6.42 Å². The topological polar surface area (TPSA) is 195 Å². The highest BCUT2D eigenvalue weighted by molar-refractivity contribution is 8.01. The Bertz CT molecular complexity index is 896. The first-order valence-electron chi connectivity index (χ1n) is 8.31. The number of phosphoric acid groups is 3. The van der Waals surface area contributed by atoms with Gasteiger partial charge in [-0.15, -0.1) is 0 Å². The molecule has 1 saturated heterocycles. The molecule has 13 nitrogen and oxygen atoms in total. The molecule has 0 bridgehead atoms. The van der Waals surface area contributed by atoms with Crippen LogP contribution in [0, 0.1) is 0 Å². The van der Waals surface area contributed by atoms with Gasteiger partial charge >= 0.3 is 29.4 Å². The molecule has 172 valence electrons. The minimum Gasteiger partial charge on any atom is -0.482 e. The Hall–Kier alpha value is -0.685. The van der Waals surface area contributed by atoms with Gasteiger partial charge in [-0.1, -0.05) is 18.2 Å². The van der Waals surface area contributed by atoms with Crippen molar-refractivity contribution in [3.8, 4) is 5.75 Å². The van der Waals surface area contributed by atoms with Crippen LogP contribution in [-0.4, -0.2) is 63.1 Å². The fourth-order valence-corrected chi connectivity index (χ4v) is 6.73. The van der Waals surface area contributed by atoms with Crippen LogP contribution in [0.15, 0.2) is 30.3 Å². The Labute approximate surface area is 182 Å². The third-order valence-corrected chi connectivity index (χ3v) is 8.56. The average molecular weight is 518 g/mol. The van der Waals surface area contributed by atoms with Gasteiger partial charge in [-0.3, -0.25) is 4.52 Å². The molecular weight excluding hydrogens is 500 g/mol. The molecule has 2 radical (unpaired) electrons. The van der Waals surface area contributed by atoms with Gasteiger partial charge in [-0.05, 0) is 23.7 Å². The first-order chi connectivity index (χ1) is 14.2. The van der Waals surface area contributed by atoms with Gasteiger partial charge in [0, 0.05) is 0 Å².